The minimum absolute atomic E-state index is 0.0748. The molecule has 0 bridgehead atoms. The lowest BCUT2D eigenvalue weighted by atomic mass is 9.39. The molecule has 144 valence electrons. The lowest BCUT2D eigenvalue weighted by Gasteiger charge is -2.67. The zero-order valence-corrected chi connectivity index (χ0v) is 16.3. The number of aliphatic hydroxyl groups excluding tert-OH is 2. The van der Waals surface area contributed by atoms with Crippen LogP contribution in [-0.4, -0.2) is 39.2 Å². The first-order chi connectivity index (χ1) is 11.6. The van der Waals surface area contributed by atoms with Gasteiger partial charge in [0.05, 0.1) is 17.8 Å². The first kappa shape index (κ1) is 18.2. The molecule has 0 aromatic rings. The molecule has 4 aliphatic rings. The van der Waals surface area contributed by atoms with Crippen LogP contribution in [0.2, 0.25) is 0 Å². The Morgan fingerprint density at radius 1 is 1.00 bits per heavy atom. The van der Waals surface area contributed by atoms with Crippen LogP contribution in [0.15, 0.2) is 0 Å². The van der Waals surface area contributed by atoms with E-state index in [9.17, 15) is 15.3 Å². The summed E-state index contributed by atoms with van der Waals surface area (Å²) in [5.74, 6) is 1.96. The second-order valence-electron chi connectivity index (χ2n) is 10.6. The summed E-state index contributed by atoms with van der Waals surface area (Å²) >= 11 is 0. The third-order valence-electron chi connectivity index (χ3n) is 9.88. The minimum Gasteiger partial charge on any atom is -0.393 e. The van der Waals surface area contributed by atoms with Crippen molar-refractivity contribution in [1.82, 2.24) is 0 Å². The van der Waals surface area contributed by atoms with Crippen LogP contribution < -0.4 is 5.73 Å². The summed E-state index contributed by atoms with van der Waals surface area (Å²) in [6, 6.07) is -0.113. The molecule has 0 aliphatic heterocycles. The average Bonchev–Trinajstić information content (AvgIpc) is 2.79. The summed E-state index contributed by atoms with van der Waals surface area (Å²) < 4.78 is 0. The molecule has 4 heteroatoms. The number of nitrogens with two attached hydrogens (primary N) is 1. The van der Waals surface area contributed by atoms with Crippen LogP contribution in [0.4, 0.5) is 0 Å². The molecule has 9 unspecified atom stereocenters. The number of hydrogen-bond acceptors (Lipinski definition) is 4. The van der Waals surface area contributed by atoms with Gasteiger partial charge in [0.2, 0.25) is 0 Å². The lowest BCUT2D eigenvalue weighted by molar-refractivity contribution is -0.262. The van der Waals surface area contributed by atoms with E-state index in [1.807, 2.05) is 0 Å². The van der Waals surface area contributed by atoms with Gasteiger partial charge in [0.25, 0.3) is 0 Å². The fourth-order valence-electron chi connectivity index (χ4n) is 8.10. The van der Waals surface area contributed by atoms with Gasteiger partial charge < -0.3 is 21.1 Å². The number of hydrogen-bond donors (Lipinski definition) is 4. The van der Waals surface area contributed by atoms with Gasteiger partial charge in [-0.2, -0.15) is 0 Å². The Hall–Kier alpha value is -0.160. The van der Waals surface area contributed by atoms with Gasteiger partial charge >= 0.3 is 0 Å². The zero-order chi connectivity index (χ0) is 18.4. The Kier molecular flexibility index (Phi) is 3.96. The van der Waals surface area contributed by atoms with E-state index in [2.05, 4.69) is 27.7 Å². The largest absolute Gasteiger partial charge is 0.393 e. The van der Waals surface area contributed by atoms with Crippen molar-refractivity contribution in [3.05, 3.63) is 0 Å². The highest BCUT2D eigenvalue weighted by molar-refractivity contribution is 5.18. The number of aliphatic hydroxyl groups is 3. The molecule has 4 fully saturated rings. The smallest absolute Gasteiger partial charge is 0.0756 e. The molecule has 0 heterocycles. The van der Waals surface area contributed by atoms with E-state index in [0.29, 0.717) is 30.1 Å². The van der Waals surface area contributed by atoms with E-state index < -0.39 is 11.7 Å². The third-order valence-corrected chi connectivity index (χ3v) is 9.88. The molecular weight excluding hydrogens is 314 g/mol. The molecule has 4 aliphatic carbocycles. The molecule has 0 radical (unpaired) electrons. The fraction of sp³-hybridized carbons (Fsp3) is 1.00. The van der Waals surface area contributed by atoms with E-state index >= 15 is 0 Å². The van der Waals surface area contributed by atoms with Crippen molar-refractivity contribution in [2.24, 2.45) is 46.2 Å². The summed E-state index contributed by atoms with van der Waals surface area (Å²) in [4.78, 5) is 0. The maximum Gasteiger partial charge on any atom is 0.0756 e. The molecule has 4 nitrogen and oxygen atoms in total. The maximum atomic E-state index is 11.8. The maximum absolute atomic E-state index is 11.8. The Balaban J connectivity index is 1.77. The molecule has 4 saturated carbocycles. The van der Waals surface area contributed by atoms with Crippen molar-refractivity contribution in [3.63, 3.8) is 0 Å². The summed E-state index contributed by atoms with van der Waals surface area (Å²) in [6.07, 6.45) is 4.42. The molecule has 11 atom stereocenters. The predicted octanol–water partition coefficient (Wildman–Crippen LogP) is 2.29. The van der Waals surface area contributed by atoms with Crippen LogP contribution in [0, 0.1) is 40.4 Å². The van der Waals surface area contributed by atoms with Gasteiger partial charge in [0.1, 0.15) is 0 Å². The average molecular weight is 352 g/mol. The van der Waals surface area contributed by atoms with Gasteiger partial charge in [-0.1, -0.05) is 27.7 Å². The number of rotatable bonds is 0. The normalized spacial score (nSPS) is 64.3. The van der Waals surface area contributed by atoms with Crippen molar-refractivity contribution in [3.8, 4) is 0 Å². The topological polar surface area (TPSA) is 86.7 Å². The second kappa shape index (κ2) is 5.43. The van der Waals surface area contributed by atoms with Crippen LogP contribution in [0.25, 0.3) is 0 Å². The molecule has 25 heavy (non-hydrogen) atoms. The highest BCUT2D eigenvalue weighted by Crippen LogP contribution is 2.69. The Morgan fingerprint density at radius 3 is 2.36 bits per heavy atom. The molecule has 0 spiro atoms. The van der Waals surface area contributed by atoms with Crippen LogP contribution in [0.5, 0.6) is 0 Å². The van der Waals surface area contributed by atoms with Crippen molar-refractivity contribution < 1.29 is 15.3 Å². The predicted molar refractivity (Wildman–Crippen MR) is 97.7 cm³/mol. The third kappa shape index (κ3) is 2.09. The molecule has 4 rings (SSSR count). The lowest BCUT2D eigenvalue weighted by Crippen LogP contribution is -2.68. The highest BCUT2D eigenvalue weighted by atomic mass is 16.3. The molecule has 0 saturated heterocycles. The molecule has 0 aromatic heterocycles. The Labute approximate surface area is 152 Å². The SMILES string of the molecule is CC1C2C3C[C@H](N)C(O)C3(C)CCC2C2(C)CCC(O)CC2(O)[C@@H]1C. The van der Waals surface area contributed by atoms with Crippen molar-refractivity contribution in [2.75, 3.05) is 0 Å². The van der Waals surface area contributed by atoms with Gasteiger partial charge in [-0.05, 0) is 72.5 Å². The summed E-state index contributed by atoms with van der Waals surface area (Å²) in [5, 5.41) is 32.8. The van der Waals surface area contributed by atoms with Gasteiger partial charge in [0, 0.05) is 12.5 Å². The molecule has 5 N–H and O–H groups in total. The summed E-state index contributed by atoms with van der Waals surface area (Å²) in [6.45, 7) is 9.01. The summed E-state index contributed by atoms with van der Waals surface area (Å²) in [7, 11) is 0. The monoisotopic (exact) mass is 351 g/mol. The van der Waals surface area contributed by atoms with Gasteiger partial charge in [-0.3, -0.25) is 0 Å². The Bertz CT molecular complexity index is 555. The van der Waals surface area contributed by atoms with Crippen LogP contribution >= 0.6 is 0 Å². The van der Waals surface area contributed by atoms with Gasteiger partial charge in [0.15, 0.2) is 0 Å². The molecule has 0 amide bonds. The van der Waals surface area contributed by atoms with Gasteiger partial charge in [-0.15, -0.1) is 0 Å². The van der Waals surface area contributed by atoms with E-state index in [-0.39, 0.29) is 28.9 Å². The summed E-state index contributed by atoms with van der Waals surface area (Å²) in [5.41, 5.74) is 5.31. The molecule has 0 aromatic carbocycles. The minimum atomic E-state index is -0.779. The Morgan fingerprint density at radius 2 is 1.68 bits per heavy atom. The van der Waals surface area contributed by atoms with Crippen molar-refractivity contribution in [1.29, 1.82) is 0 Å². The van der Waals surface area contributed by atoms with E-state index in [1.165, 1.54) is 0 Å². The van der Waals surface area contributed by atoms with Crippen LogP contribution in [0.3, 0.4) is 0 Å². The number of fused-ring (bicyclic) bond motifs is 5. The van der Waals surface area contributed by atoms with Gasteiger partial charge in [-0.25, -0.2) is 0 Å². The van der Waals surface area contributed by atoms with E-state index in [4.69, 9.17) is 5.73 Å². The standard InChI is InChI=1S/C21H37NO3/c1-11-12(2)21(25)10-13(23)5-8-20(21,4)14-6-7-19(3)15(17(11)14)9-16(22)18(19)24/h11-18,23-25H,5-10,22H2,1-4H3/t11?,12-,13?,14?,15?,16+,17?,18?,19?,20?,21?/m1/s1. The van der Waals surface area contributed by atoms with E-state index in [1.54, 1.807) is 0 Å². The highest BCUT2D eigenvalue weighted by Gasteiger charge is 2.69. The second-order valence-corrected chi connectivity index (χ2v) is 10.6. The quantitative estimate of drug-likeness (QED) is 0.539. The van der Waals surface area contributed by atoms with Crippen molar-refractivity contribution in [2.45, 2.75) is 90.1 Å². The first-order valence-corrected chi connectivity index (χ1v) is 10.4. The first-order valence-electron chi connectivity index (χ1n) is 10.4. The fourth-order valence-corrected chi connectivity index (χ4v) is 8.10. The van der Waals surface area contributed by atoms with Crippen LogP contribution in [-0.2, 0) is 0 Å². The molecular formula is C21H37NO3. The van der Waals surface area contributed by atoms with E-state index in [0.717, 1.165) is 32.1 Å². The van der Waals surface area contributed by atoms with Crippen LogP contribution in [0.1, 0.15) is 66.2 Å². The zero-order valence-electron chi connectivity index (χ0n) is 16.3. The van der Waals surface area contributed by atoms with Crippen molar-refractivity contribution >= 4 is 0 Å².